The van der Waals surface area contributed by atoms with Crippen molar-refractivity contribution in [3.63, 3.8) is 0 Å². The lowest BCUT2D eigenvalue weighted by Crippen LogP contribution is -2.43. The Morgan fingerprint density at radius 3 is 1.38 bits per heavy atom. The minimum atomic E-state index is -5.95. The van der Waals surface area contributed by atoms with Crippen LogP contribution in [0.5, 0.6) is 0 Å². The van der Waals surface area contributed by atoms with Gasteiger partial charge >= 0.3 is 12.4 Å². The molecule has 0 heterocycles. The van der Waals surface area contributed by atoms with E-state index in [4.69, 9.17) is 0 Å². The quantitative estimate of drug-likeness (QED) is 0.630. The van der Waals surface area contributed by atoms with Crippen molar-refractivity contribution in [1.29, 1.82) is 0 Å². The van der Waals surface area contributed by atoms with Gasteiger partial charge in [0.2, 0.25) is 0 Å². The van der Waals surface area contributed by atoms with E-state index in [0.29, 0.717) is 0 Å². The molecule has 1 aliphatic rings. The van der Waals surface area contributed by atoms with Crippen molar-refractivity contribution in [3.8, 4) is 0 Å². The summed E-state index contributed by atoms with van der Waals surface area (Å²) in [6.45, 7) is -0.0962. The van der Waals surface area contributed by atoms with Crippen LogP contribution in [0, 0.1) is 11.3 Å². The molecule has 9 heteroatoms. The maximum atomic E-state index is 12.5. The van der Waals surface area contributed by atoms with Gasteiger partial charge in [-0.25, -0.2) is 13.2 Å². The van der Waals surface area contributed by atoms with Gasteiger partial charge in [-0.15, -0.1) is 0 Å². The highest BCUT2D eigenvalue weighted by Crippen LogP contribution is 2.75. The molecule has 0 nitrogen and oxygen atoms in total. The maximum Gasteiger partial charge on any atom is 0.404 e. The Morgan fingerprint density at radius 1 is 1.00 bits per heavy atom. The van der Waals surface area contributed by atoms with E-state index in [9.17, 15) is 39.5 Å². The first kappa shape index (κ1) is 13.4. The molecule has 0 amide bonds. The van der Waals surface area contributed by atoms with Crippen LogP contribution in [-0.2, 0) is 0 Å². The van der Waals surface area contributed by atoms with Crippen LogP contribution in [0.3, 0.4) is 0 Å². The summed E-state index contributed by atoms with van der Waals surface area (Å²) in [6, 6.07) is 0. The van der Waals surface area contributed by atoms with Crippen LogP contribution in [0.15, 0.2) is 0 Å². The van der Waals surface area contributed by atoms with Crippen molar-refractivity contribution in [3.05, 3.63) is 0 Å². The molecule has 0 saturated heterocycles. The average Bonchev–Trinajstić information content (AvgIpc) is 2.43. The molecule has 16 heavy (non-hydrogen) atoms. The zero-order chi connectivity index (χ0) is 13.2. The van der Waals surface area contributed by atoms with Gasteiger partial charge in [-0.05, 0) is 0 Å². The van der Waals surface area contributed by atoms with E-state index in [0.717, 1.165) is 0 Å². The second-order valence-electron chi connectivity index (χ2n) is 3.62. The third-order valence-electron chi connectivity index (χ3n) is 2.83. The van der Waals surface area contributed by atoms with E-state index in [1.807, 2.05) is 0 Å². The Hall–Kier alpha value is -0.630. The van der Waals surface area contributed by atoms with Crippen molar-refractivity contribution in [2.24, 2.45) is 11.3 Å². The summed E-state index contributed by atoms with van der Waals surface area (Å²) in [5.74, 6) is -8.52. The third-order valence-corrected chi connectivity index (χ3v) is 2.83. The molecule has 0 radical (unpaired) electrons. The van der Waals surface area contributed by atoms with E-state index >= 15 is 0 Å². The van der Waals surface area contributed by atoms with Crippen molar-refractivity contribution in [2.75, 3.05) is 0 Å². The van der Waals surface area contributed by atoms with Gasteiger partial charge in [0.25, 0.3) is 5.92 Å². The molecule has 0 aromatic heterocycles. The molecule has 1 rings (SSSR count). The van der Waals surface area contributed by atoms with Crippen molar-refractivity contribution in [2.45, 2.75) is 31.4 Å². The molecule has 1 aliphatic carbocycles. The lowest BCUT2D eigenvalue weighted by atomic mass is 9.88. The Balaban J connectivity index is 3.23. The molecule has 3 unspecified atom stereocenters. The van der Waals surface area contributed by atoms with Crippen LogP contribution >= 0.6 is 0 Å². The molecule has 0 N–H and O–H groups in total. The molecule has 0 spiro atoms. The summed E-state index contributed by atoms with van der Waals surface area (Å²) in [6.07, 6.45) is -15.3. The highest BCUT2D eigenvalue weighted by atomic mass is 19.4. The molecule has 0 aliphatic heterocycles. The fourth-order valence-corrected chi connectivity index (χ4v) is 1.73. The topological polar surface area (TPSA) is 0 Å². The van der Waals surface area contributed by atoms with Crippen LogP contribution in [0.2, 0.25) is 0 Å². The Kier molecular flexibility index (Phi) is 2.50. The predicted molar refractivity (Wildman–Crippen MR) is 33.5 cm³/mol. The second kappa shape index (κ2) is 2.98. The molecule has 96 valence electrons. The van der Waals surface area contributed by atoms with Gasteiger partial charge < -0.3 is 0 Å². The molecule has 1 saturated carbocycles. The minimum absolute atomic E-state index is 0.0962. The number of alkyl halides is 9. The lowest BCUT2D eigenvalue weighted by molar-refractivity contribution is -0.282. The normalized spacial score (nSPS) is 36.0. The van der Waals surface area contributed by atoms with E-state index < -0.39 is 35.8 Å². The van der Waals surface area contributed by atoms with Gasteiger partial charge in [0.15, 0.2) is 11.6 Å². The van der Waals surface area contributed by atoms with Crippen LogP contribution in [0.4, 0.5) is 39.5 Å². The average molecular weight is 260 g/mol. The van der Waals surface area contributed by atoms with Crippen LogP contribution in [0.25, 0.3) is 0 Å². The highest BCUT2D eigenvalue weighted by Gasteiger charge is 2.96. The molecular formula is C7H5F9. The van der Waals surface area contributed by atoms with Gasteiger partial charge in [0.1, 0.15) is 0 Å². The number of hydrogen-bond donors (Lipinski definition) is 0. The maximum absolute atomic E-state index is 12.5. The highest BCUT2D eigenvalue weighted by molar-refractivity contribution is 5.26. The van der Waals surface area contributed by atoms with Gasteiger partial charge in [-0.1, -0.05) is 6.92 Å². The van der Waals surface area contributed by atoms with Crippen molar-refractivity contribution in [1.82, 2.24) is 0 Å². The summed E-state index contributed by atoms with van der Waals surface area (Å²) in [7, 11) is 0. The van der Waals surface area contributed by atoms with Gasteiger partial charge in [0, 0.05) is 0 Å². The largest absolute Gasteiger partial charge is 0.404 e. The van der Waals surface area contributed by atoms with Crippen molar-refractivity contribution >= 4 is 0 Å². The molecule has 0 aromatic rings. The smallest absolute Gasteiger partial charge is 0.240 e. The first-order valence-electron chi connectivity index (χ1n) is 3.96. The molecule has 0 bridgehead atoms. The van der Waals surface area contributed by atoms with E-state index in [1.165, 1.54) is 0 Å². The summed E-state index contributed by atoms with van der Waals surface area (Å²) < 4.78 is 110. The Morgan fingerprint density at radius 2 is 1.31 bits per heavy atom. The SMILES string of the molecule is CC(C(F)(F)F)C1(C(F)(F)F)C(F)C1(F)F. The second-order valence-corrected chi connectivity index (χ2v) is 3.62. The number of rotatable bonds is 1. The first-order chi connectivity index (χ1) is 6.81. The molecule has 0 aromatic carbocycles. The Labute approximate surface area is 83.4 Å². The third kappa shape index (κ3) is 1.32. The zero-order valence-electron chi connectivity index (χ0n) is 7.56. The Bertz CT molecular complexity index is 275. The van der Waals surface area contributed by atoms with Gasteiger partial charge in [-0.3, -0.25) is 0 Å². The fourth-order valence-electron chi connectivity index (χ4n) is 1.73. The summed E-state index contributed by atoms with van der Waals surface area (Å²) in [5, 5.41) is 0. The van der Waals surface area contributed by atoms with Crippen LogP contribution < -0.4 is 0 Å². The summed E-state index contributed by atoms with van der Waals surface area (Å²) in [4.78, 5) is 0. The molecule has 1 fully saturated rings. The fraction of sp³-hybridized carbons (Fsp3) is 1.00. The van der Waals surface area contributed by atoms with Crippen LogP contribution in [0.1, 0.15) is 6.92 Å². The predicted octanol–water partition coefficient (Wildman–Crippen LogP) is 3.72. The van der Waals surface area contributed by atoms with Crippen LogP contribution in [-0.4, -0.2) is 24.4 Å². The zero-order valence-corrected chi connectivity index (χ0v) is 7.56. The minimum Gasteiger partial charge on any atom is -0.240 e. The van der Waals surface area contributed by atoms with E-state index in [-0.39, 0.29) is 6.92 Å². The lowest BCUT2D eigenvalue weighted by Gasteiger charge is -2.27. The number of hydrogen-bond acceptors (Lipinski definition) is 0. The standard InChI is InChI=1S/C7H5F9/c1-2(6(11,12)13)4(7(14,15)16)3(8)5(4,9)10/h2-3H,1H3. The monoisotopic (exact) mass is 260 g/mol. The van der Waals surface area contributed by atoms with E-state index in [2.05, 4.69) is 0 Å². The van der Waals surface area contributed by atoms with E-state index in [1.54, 1.807) is 0 Å². The van der Waals surface area contributed by atoms with Crippen molar-refractivity contribution < 1.29 is 39.5 Å². The van der Waals surface area contributed by atoms with Gasteiger partial charge in [-0.2, -0.15) is 26.3 Å². The summed E-state index contributed by atoms with van der Waals surface area (Å²) in [5.41, 5.74) is -4.64. The summed E-state index contributed by atoms with van der Waals surface area (Å²) >= 11 is 0. The van der Waals surface area contributed by atoms with Gasteiger partial charge in [0.05, 0.1) is 5.92 Å². The molecular weight excluding hydrogens is 255 g/mol. The number of halogens is 9. The first-order valence-corrected chi connectivity index (χ1v) is 3.96. The molecule has 3 atom stereocenters.